The van der Waals surface area contributed by atoms with E-state index in [2.05, 4.69) is 4.98 Å². The maximum atomic E-state index is 11.6. The normalized spacial score (nSPS) is 15.1. The fourth-order valence-corrected chi connectivity index (χ4v) is 2.41. The quantitative estimate of drug-likeness (QED) is 0.345. The van der Waals surface area contributed by atoms with Crippen LogP contribution < -0.4 is 0 Å². The molecule has 100 valence electrons. The van der Waals surface area contributed by atoms with Gasteiger partial charge in [-0.15, -0.1) is 11.3 Å². The minimum Gasteiger partial charge on any atom is -0.459 e. The Labute approximate surface area is 115 Å². The predicted molar refractivity (Wildman–Crippen MR) is 70.5 cm³/mol. The molecule has 6 heteroatoms. The number of methoxy groups -OCH3 is 1. The van der Waals surface area contributed by atoms with Gasteiger partial charge in [-0.05, 0) is 18.9 Å². The first kappa shape index (κ1) is 13.7. The molecule has 5 nitrogen and oxygen atoms in total. The van der Waals surface area contributed by atoms with Gasteiger partial charge in [0.05, 0.1) is 17.3 Å². The van der Waals surface area contributed by atoms with Crippen molar-refractivity contribution in [2.75, 3.05) is 20.3 Å². The van der Waals surface area contributed by atoms with Gasteiger partial charge in [0, 0.05) is 18.4 Å². The molecule has 0 radical (unpaired) electrons. The highest BCUT2D eigenvalue weighted by Crippen LogP contribution is 2.41. The van der Waals surface area contributed by atoms with Crippen LogP contribution in [0.2, 0.25) is 0 Å². The molecular weight excluding hydrogens is 264 g/mol. The van der Waals surface area contributed by atoms with E-state index in [0.717, 1.165) is 5.01 Å². The molecule has 0 unspecified atom stereocenters. The first-order valence-corrected chi connectivity index (χ1v) is 6.86. The van der Waals surface area contributed by atoms with E-state index in [9.17, 15) is 4.79 Å². The molecule has 0 aliphatic heterocycles. The predicted octanol–water partition coefficient (Wildman–Crippen LogP) is 2.12. The van der Waals surface area contributed by atoms with Gasteiger partial charge in [-0.2, -0.15) is 5.26 Å². The van der Waals surface area contributed by atoms with Crippen LogP contribution in [0.25, 0.3) is 6.08 Å². The molecule has 19 heavy (non-hydrogen) atoms. The molecule has 1 aromatic rings. The molecular formula is C13H14N2O3S. The number of ether oxygens (including phenoxy) is 2. The molecule has 1 aliphatic carbocycles. The number of esters is 1. The van der Waals surface area contributed by atoms with Crippen molar-refractivity contribution in [3.8, 4) is 6.07 Å². The summed E-state index contributed by atoms with van der Waals surface area (Å²) in [5.41, 5.74) is 0.607. The Kier molecular flexibility index (Phi) is 4.66. The topological polar surface area (TPSA) is 72.2 Å². The molecule has 1 aliphatic rings. The Balaban J connectivity index is 2.00. The van der Waals surface area contributed by atoms with Crippen molar-refractivity contribution < 1.29 is 14.3 Å². The standard InChI is InChI=1S/C13H14N2O3S/c1-17-4-5-18-13(16)10(7-14)6-11-8-19-12(15-11)9-2-3-9/h6,8-9H,2-5H2,1H3. The summed E-state index contributed by atoms with van der Waals surface area (Å²) < 4.78 is 9.67. The Morgan fingerprint density at radius 1 is 1.63 bits per heavy atom. The number of hydrogen-bond acceptors (Lipinski definition) is 6. The van der Waals surface area contributed by atoms with Crippen molar-refractivity contribution in [2.24, 2.45) is 0 Å². The number of thiazole rings is 1. The van der Waals surface area contributed by atoms with Gasteiger partial charge in [-0.25, -0.2) is 9.78 Å². The average molecular weight is 278 g/mol. The third-order valence-corrected chi connectivity index (χ3v) is 3.64. The largest absolute Gasteiger partial charge is 0.459 e. The summed E-state index contributed by atoms with van der Waals surface area (Å²) in [5, 5.41) is 11.9. The summed E-state index contributed by atoms with van der Waals surface area (Å²) in [6.45, 7) is 0.450. The van der Waals surface area contributed by atoms with E-state index in [4.69, 9.17) is 14.7 Å². The summed E-state index contributed by atoms with van der Waals surface area (Å²) >= 11 is 1.57. The van der Waals surface area contributed by atoms with Gasteiger partial charge in [-0.3, -0.25) is 0 Å². The van der Waals surface area contributed by atoms with Gasteiger partial charge in [-0.1, -0.05) is 0 Å². The van der Waals surface area contributed by atoms with E-state index in [1.165, 1.54) is 26.0 Å². The Bertz CT molecular complexity index is 526. The van der Waals surface area contributed by atoms with E-state index in [0.29, 0.717) is 18.2 Å². The highest BCUT2D eigenvalue weighted by atomic mass is 32.1. The van der Waals surface area contributed by atoms with Crippen LogP contribution in [0.5, 0.6) is 0 Å². The molecule has 1 saturated carbocycles. The van der Waals surface area contributed by atoms with Crippen LogP contribution in [0, 0.1) is 11.3 Å². The fraction of sp³-hybridized carbons (Fsp3) is 0.462. The Hall–Kier alpha value is -1.71. The van der Waals surface area contributed by atoms with Gasteiger partial charge in [0.25, 0.3) is 0 Å². The van der Waals surface area contributed by atoms with E-state index in [1.54, 1.807) is 11.3 Å². The lowest BCUT2D eigenvalue weighted by molar-refractivity contribution is -0.139. The van der Waals surface area contributed by atoms with Crippen LogP contribution in [-0.2, 0) is 14.3 Å². The van der Waals surface area contributed by atoms with Crippen LogP contribution >= 0.6 is 11.3 Å². The Morgan fingerprint density at radius 3 is 3.05 bits per heavy atom. The molecule has 1 fully saturated rings. The van der Waals surface area contributed by atoms with Crippen molar-refractivity contribution in [1.82, 2.24) is 4.98 Å². The zero-order valence-corrected chi connectivity index (χ0v) is 11.4. The van der Waals surface area contributed by atoms with Crippen LogP contribution in [-0.4, -0.2) is 31.3 Å². The summed E-state index contributed by atoms with van der Waals surface area (Å²) in [7, 11) is 1.52. The molecule has 0 atom stereocenters. The number of nitriles is 1. The van der Waals surface area contributed by atoms with E-state index in [-0.39, 0.29) is 12.2 Å². The molecule has 2 rings (SSSR count). The molecule has 1 heterocycles. The lowest BCUT2D eigenvalue weighted by Crippen LogP contribution is -2.11. The van der Waals surface area contributed by atoms with Crippen molar-refractivity contribution in [1.29, 1.82) is 5.26 Å². The zero-order valence-electron chi connectivity index (χ0n) is 10.6. The monoisotopic (exact) mass is 278 g/mol. The van der Waals surface area contributed by atoms with Gasteiger partial charge in [0.15, 0.2) is 0 Å². The Morgan fingerprint density at radius 2 is 2.42 bits per heavy atom. The maximum absolute atomic E-state index is 11.6. The lowest BCUT2D eigenvalue weighted by Gasteiger charge is -2.01. The molecule has 0 spiro atoms. The summed E-state index contributed by atoms with van der Waals surface area (Å²) in [4.78, 5) is 16.0. The second-order valence-corrected chi connectivity index (χ2v) is 5.07. The van der Waals surface area contributed by atoms with Crippen molar-refractivity contribution in [2.45, 2.75) is 18.8 Å². The smallest absolute Gasteiger partial charge is 0.349 e. The molecule has 0 bridgehead atoms. The van der Waals surface area contributed by atoms with E-state index in [1.807, 2.05) is 11.4 Å². The summed E-state index contributed by atoms with van der Waals surface area (Å²) in [6.07, 6.45) is 3.83. The van der Waals surface area contributed by atoms with Crippen LogP contribution in [0.15, 0.2) is 11.0 Å². The molecule has 0 N–H and O–H groups in total. The third kappa shape index (κ3) is 3.88. The third-order valence-electron chi connectivity index (χ3n) is 2.62. The van der Waals surface area contributed by atoms with Crippen LogP contribution in [0.3, 0.4) is 0 Å². The van der Waals surface area contributed by atoms with Gasteiger partial charge in [0.2, 0.25) is 0 Å². The summed E-state index contributed by atoms with van der Waals surface area (Å²) in [5.74, 6) is -0.0631. The lowest BCUT2D eigenvalue weighted by atomic mass is 10.2. The minimum absolute atomic E-state index is 0.0382. The number of nitrogens with zero attached hydrogens (tertiary/aromatic N) is 2. The second-order valence-electron chi connectivity index (χ2n) is 4.18. The second kappa shape index (κ2) is 6.45. The van der Waals surface area contributed by atoms with Crippen molar-refractivity contribution >= 4 is 23.4 Å². The maximum Gasteiger partial charge on any atom is 0.349 e. The fourth-order valence-electron chi connectivity index (χ4n) is 1.46. The molecule has 0 saturated heterocycles. The first-order chi connectivity index (χ1) is 9.24. The molecule has 0 amide bonds. The van der Waals surface area contributed by atoms with Crippen LogP contribution in [0.4, 0.5) is 0 Å². The number of carbonyl (C=O) groups is 1. The SMILES string of the molecule is COCCOC(=O)C(C#N)=Cc1csc(C2CC2)n1. The zero-order chi connectivity index (χ0) is 13.7. The van der Waals surface area contributed by atoms with Crippen molar-refractivity contribution in [3.05, 3.63) is 21.7 Å². The minimum atomic E-state index is -0.638. The van der Waals surface area contributed by atoms with Crippen molar-refractivity contribution in [3.63, 3.8) is 0 Å². The van der Waals surface area contributed by atoms with Gasteiger partial charge >= 0.3 is 5.97 Å². The number of hydrogen-bond donors (Lipinski definition) is 0. The highest BCUT2D eigenvalue weighted by Gasteiger charge is 2.26. The summed E-state index contributed by atoms with van der Waals surface area (Å²) in [6, 6.07) is 1.84. The van der Waals surface area contributed by atoms with E-state index >= 15 is 0 Å². The molecule has 0 aromatic carbocycles. The molecule has 1 aromatic heterocycles. The number of carbonyl (C=O) groups excluding carboxylic acids is 1. The number of rotatable bonds is 6. The number of aromatic nitrogens is 1. The van der Waals surface area contributed by atoms with Gasteiger partial charge < -0.3 is 9.47 Å². The van der Waals surface area contributed by atoms with E-state index < -0.39 is 5.97 Å². The first-order valence-electron chi connectivity index (χ1n) is 5.98. The average Bonchev–Trinajstić information content (AvgIpc) is 3.16. The van der Waals surface area contributed by atoms with Crippen LogP contribution in [0.1, 0.15) is 29.5 Å². The van der Waals surface area contributed by atoms with Gasteiger partial charge in [0.1, 0.15) is 18.2 Å². The highest BCUT2D eigenvalue weighted by molar-refractivity contribution is 7.09.